The molecule has 0 unspecified atom stereocenters. The Morgan fingerprint density at radius 1 is 1.41 bits per heavy atom. The summed E-state index contributed by atoms with van der Waals surface area (Å²) in [7, 11) is 0. The summed E-state index contributed by atoms with van der Waals surface area (Å²) >= 11 is 11.0. The summed E-state index contributed by atoms with van der Waals surface area (Å²) in [6.07, 6.45) is 4.93. The molecule has 0 bridgehead atoms. The third-order valence-electron chi connectivity index (χ3n) is 3.39. The van der Waals surface area contributed by atoms with E-state index < -0.39 is 0 Å². The Kier molecular flexibility index (Phi) is 3.59. The van der Waals surface area contributed by atoms with Crippen molar-refractivity contribution in [3.8, 4) is 0 Å². The summed E-state index contributed by atoms with van der Waals surface area (Å²) < 4.78 is 0. The van der Waals surface area contributed by atoms with Crippen LogP contribution in [0, 0.1) is 0 Å². The zero-order chi connectivity index (χ0) is 12.5. The number of nitrogens with one attached hydrogen (secondary N) is 1. The SMILES string of the molecule is CC1(Nc2ccc(Cl)cc2C(N)=S)CCCC1. The van der Waals surface area contributed by atoms with Crippen LogP contribution in [-0.2, 0) is 0 Å². The summed E-state index contributed by atoms with van der Waals surface area (Å²) in [6.45, 7) is 2.25. The summed E-state index contributed by atoms with van der Waals surface area (Å²) in [6, 6.07) is 5.65. The van der Waals surface area contributed by atoms with E-state index in [0.717, 1.165) is 11.3 Å². The van der Waals surface area contributed by atoms with Crippen LogP contribution in [0.4, 0.5) is 5.69 Å². The maximum Gasteiger partial charge on any atom is 0.106 e. The molecule has 0 aliphatic heterocycles. The van der Waals surface area contributed by atoms with Gasteiger partial charge >= 0.3 is 0 Å². The molecule has 1 aromatic carbocycles. The van der Waals surface area contributed by atoms with Crippen molar-refractivity contribution in [3.05, 3.63) is 28.8 Å². The van der Waals surface area contributed by atoms with Crippen LogP contribution in [0.1, 0.15) is 38.2 Å². The molecule has 1 aliphatic rings. The monoisotopic (exact) mass is 268 g/mol. The van der Waals surface area contributed by atoms with Crippen LogP contribution in [0.2, 0.25) is 5.02 Å². The van der Waals surface area contributed by atoms with Gasteiger partial charge in [0.2, 0.25) is 0 Å². The zero-order valence-corrected chi connectivity index (χ0v) is 11.5. The van der Waals surface area contributed by atoms with E-state index in [1.54, 1.807) is 0 Å². The van der Waals surface area contributed by atoms with Crippen molar-refractivity contribution in [1.82, 2.24) is 0 Å². The minimum atomic E-state index is 0.160. The molecule has 2 rings (SSSR count). The van der Waals surface area contributed by atoms with Gasteiger partial charge in [-0.15, -0.1) is 0 Å². The number of hydrogen-bond acceptors (Lipinski definition) is 2. The highest BCUT2D eigenvalue weighted by molar-refractivity contribution is 7.80. The molecule has 3 N–H and O–H groups in total. The minimum Gasteiger partial charge on any atom is -0.389 e. The van der Waals surface area contributed by atoms with Crippen LogP contribution in [-0.4, -0.2) is 10.5 Å². The van der Waals surface area contributed by atoms with Crippen LogP contribution in [0.25, 0.3) is 0 Å². The van der Waals surface area contributed by atoms with E-state index >= 15 is 0 Å². The molecule has 17 heavy (non-hydrogen) atoms. The topological polar surface area (TPSA) is 38.0 Å². The first-order valence-electron chi connectivity index (χ1n) is 5.88. The molecule has 1 aromatic rings. The largest absolute Gasteiger partial charge is 0.389 e. The first-order chi connectivity index (χ1) is 8.00. The van der Waals surface area contributed by atoms with Gasteiger partial charge in [-0.3, -0.25) is 0 Å². The lowest BCUT2D eigenvalue weighted by molar-refractivity contribution is 0.533. The molecule has 1 fully saturated rings. The van der Waals surface area contributed by atoms with E-state index in [9.17, 15) is 0 Å². The molecule has 2 nitrogen and oxygen atoms in total. The number of thiocarbonyl (C=S) groups is 1. The maximum absolute atomic E-state index is 5.97. The van der Waals surface area contributed by atoms with Crippen molar-refractivity contribution in [2.75, 3.05) is 5.32 Å². The Hall–Kier alpha value is -0.800. The van der Waals surface area contributed by atoms with Crippen molar-refractivity contribution in [3.63, 3.8) is 0 Å². The van der Waals surface area contributed by atoms with Crippen LogP contribution in [0.15, 0.2) is 18.2 Å². The van der Waals surface area contributed by atoms with E-state index in [1.165, 1.54) is 25.7 Å². The lowest BCUT2D eigenvalue weighted by atomic mass is 9.99. The Morgan fingerprint density at radius 2 is 2.06 bits per heavy atom. The molecule has 0 saturated heterocycles. The molecule has 92 valence electrons. The number of anilines is 1. The van der Waals surface area contributed by atoms with Gasteiger partial charge in [-0.05, 0) is 38.0 Å². The van der Waals surface area contributed by atoms with Gasteiger partial charge in [0.1, 0.15) is 4.99 Å². The highest BCUT2D eigenvalue weighted by Crippen LogP contribution is 2.34. The molecule has 0 aromatic heterocycles. The van der Waals surface area contributed by atoms with E-state index in [4.69, 9.17) is 29.6 Å². The quantitative estimate of drug-likeness (QED) is 0.821. The molecule has 4 heteroatoms. The van der Waals surface area contributed by atoms with Gasteiger partial charge in [-0.2, -0.15) is 0 Å². The van der Waals surface area contributed by atoms with Crippen LogP contribution < -0.4 is 11.1 Å². The standard InChI is InChI=1S/C13H17ClN2S/c1-13(6-2-3-7-13)16-11-5-4-9(14)8-10(11)12(15)17/h4-5,8,16H,2-3,6-7H2,1H3,(H2,15,17). The van der Waals surface area contributed by atoms with Crippen molar-refractivity contribution in [1.29, 1.82) is 0 Å². The Labute approximate surface area is 113 Å². The Morgan fingerprint density at radius 3 is 2.65 bits per heavy atom. The van der Waals surface area contributed by atoms with E-state index in [2.05, 4.69) is 12.2 Å². The number of benzene rings is 1. The van der Waals surface area contributed by atoms with Crippen LogP contribution in [0.3, 0.4) is 0 Å². The molecular formula is C13H17ClN2S. The normalized spacial score (nSPS) is 18.0. The number of rotatable bonds is 3. The third kappa shape index (κ3) is 2.90. The molecule has 0 atom stereocenters. The Balaban J connectivity index is 2.28. The van der Waals surface area contributed by atoms with Gasteiger partial charge in [-0.25, -0.2) is 0 Å². The van der Waals surface area contributed by atoms with Gasteiger partial charge in [-0.1, -0.05) is 36.7 Å². The molecule has 0 spiro atoms. The van der Waals surface area contributed by atoms with Crippen LogP contribution in [0.5, 0.6) is 0 Å². The summed E-state index contributed by atoms with van der Waals surface area (Å²) in [5, 5.41) is 4.23. The van der Waals surface area contributed by atoms with E-state index in [0.29, 0.717) is 10.0 Å². The predicted octanol–water partition coefficient (Wildman–Crippen LogP) is 3.72. The fourth-order valence-corrected chi connectivity index (χ4v) is 2.78. The highest BCUT2D eigenvalue weighted by atomic mass is 35.5. The molecule has 1 aliphatic carbocycles. The summed E-state index contributed by atoms with van der Waals surface area (Å²) in [5.41, 5.74) is 7.72. The molecule has 0 amide bonds. The van der Waals surface area contributed by atoms with Crippen LogP contribution >= 0.6 is 23.8 Å². The highest BCUT2D eigenvalue weighted by Gasteiger charge is 2.28. The van der Waals surface area contributed by atoms with Gasteiger partial charge in [0, 0.05) is 21.8 Å². The zero-order valence-electron chi connectivity index (χ0n) is 9.92. The van der Waals surface area contributed by atoms with E-state index in [1.807, 2.05) is 18.2 Å². The molecule has 1 saturated carbocycles. The molecule has 0 radical (unpaired) electrons. The first-order valence-corrected chi connectivity index (χ1v) is 6.66. The van der Waals surface area contributed by atoms with Crippen molar-refractivity contribution >= 4 is 34.5 Å². The van der Waals surface area contributed by atoms with Gasteiger partial charge < -0.3 is 11.1 Å². The lowest BCUT2D eigenvalue weighted by Crippen LogP contribution is -2.32. The second-order valence-corrected chi connectivity index (χ2v) is 5.82. The second kappa shape index (κ2) is 4.83. The molecular weight excluding hydrogens is 252 g/mol. The number of halogens is 1. The van der Waals surface area contributed by atoms with Gasteiger partial charge in [0.05, 0.1) is 0 Å². The first kappa shape index (κ1) is 12.7. The average molecular weight is 269 g/mol. The van der Waals surface area contributed by atoms with Gasteiger partial charge in [0.15, 0.2) is 0 Å². The lowest BCUT2D eigenvalue weighted by Gasteiger charge is -2.28. The van der Waals surface area contributed by atoms with Crippen molar-refractivity contribution in [2.45, 2.75) is 38.1 Å². The van der Waals surface area contributed by atoms with Crippen molar-refractivity contribution in [2.24, 2.45) is 5.73 Å². The number of nitrogens with two attached hydrogens (primary N) is 1. The fourth-order valence-electron chi connectivity index (χ4n) is 2.43. The third-order valence-corrected chi connectivity index (χ3v) is 3.85. The second-order valence-electron chi connectivity index (χ2n) is 4.95. The van der Waals surface area contributed by atoms with Gasteiger partial charge in [0.25, 0.3) is 0 Å². The summed E-state index contributed by atoms with van der Waals surface area (Å²) in [5.74, 6) is 0. The minimum absolute atomic E-state index is 0.160. The van der Waals surface area contributed by atoms with E-state index in [-0.39, 0.29) is 5.54 Å². The Bertz CT molecular complexity index is 439. The predicted molar refractivity (Wildman–Crippen MR) is 77.8 cm³/mol. The number of hydrogen-bond donors (Lipinski definition) is 2. The summed E-state index contributed by atoms with van der Waals surface area (Å²) in [4.78, 5) is 0.386. The smallest absolute Gasteiger partial charge is 0.106 e. The average Bonchev–Trinajstić information content (AvgIpc) is 2.67. The molecule has 0 heterocycles. The van der Waals surface area contributed by atoms with Crippen molar-refractivity contribution < 1.29 is 0 Å². The maximum atomic E-state index is 5.97. The fraction of sp³-hybridized carbons (Fsp3) is 0.462.